The van der Waals surface area contributed by atoms with Gasteiger partial charge in [-0.2, -0.15) is 0 Å². The summed E-state index contributed by atoms with van der Waals surface area (Å²) in [7, 11) is 0. The molecule has 0 aliphatic heterocycles. The van der Waals surface area contributed by atoms with Crippen LogP contribution in [0.1, 0.15) is 91.9 Å². The van der Waals surface area contributed by atoms with Crippen molar-refractivity contribution in [1.82, 2.24) is 0 Å². The summed E-state index contributed by atoms with van der Waals surface area (Å²) in [4.78, 5) is 11.8. The fourth-order valence-corrected chi connectivity index (χ4v) is 6.90. The topological polar surface area (TPSA) is 17.1 Å². The summed E-state index contributed by atoms with van der Waals surface area (Å²) in [6, 6.07) is 0. The predicted molar refractivity (Wildman–Crippen MR) is 116 cm³/mol. The number of carbonyl (C=O) groups is 1. The average Bonchev–Trinajstić information content (AvgIpc) is 2.97. The molecular weight excluding hydrogens is 328 g/mol. The lowest BCUT2D eigenvalue weighted by molar-refractivity contribution is -0.114. The Morgan fingerprint density at radius 3 is 2.67 bits per heavy atom. The van der Waals surface area contributed by atoms with E-state index in [1.54, 1.807) is 6.08 Å². The van der Waals surface area contributed by atoms with Gasteiger partial charge >= 0.3 is 0 Å². The molecular formula is C26H42O. The molecule has 3 aliphatic rings. The Hall–Kier alpha value is -0.850. The van der Waals surface area contributed by atoms with Crippen molar-refractivity contribution in [3.8, 4) is 0 Å². The van der Waals surface area contributed by atoms with E-state index in [2.05, 4.69) is 39.8 Å². The molecule has 152 valence electrons. The van der Waals surface area contributed by atoms with Gasteiger partial charge in [0.2, 0.25) is 0 Å². The van der Waals surface area contributed by atoms with E-state index in [1.165, 1.54) is 51.4 Å². The largest absolute Gasteiger partial charge is 0.295 e. The first kappa shape index (κ1) is 20.9. The van der Waals surface area contributed by atoms with Crippen LogP contribution < -0.4 is 0 Å². The van der Waals surface area contributed by atoms with Crippen LogP contribution in [0, 0.1) is 40.9 Å². The second-order valence-corrected chi connectivity index (χ2v) is 10.6. The van der Waals surface area contributed by atoms with Crippen LogP contribution in [0.4, 0.5) is 0 Å². The van der Waals surface area contributed by atoms with E-state index < -0.39 is 0 Å². The third-order valence-electron chi connectivity index (χ3n) is 8.40. The predicted octanol–water partition coefficient (Wildman–Crippen LogP) is 7.37. The Kier molecular flexibility index (Phi) is 7.03. The van der Waals surface area contributed by atoms with Gasteiger partial charge in [-0.05, 0) is 85.5 Å². The number of fused-ring (bicyclic) bond motifs is 3. The summed E-state index contributed by atoms with van der Waals surface area (Å²) in [6.45, 7) is 9.89. The Morgan fingerprint density at radius 2 is 1.89 bits per heavy atom. The van der Waals surface area contributed by atoms with Crippen LogP contribution >= 0.6 is 0 Å². The van der Waals surface area contributed by atoms with Gasteiger partial charge in [0.25, 0.3) is 0 Å². The molecule has 0 N–H and O–H groups in total. The highest BCUT2D eigenvalue weighted by atomic mass is 16.1. The van der Waals surface area contributed by atoms with E-state index in [-0.39, 0.29) is 0 Å². The van der Waals surface area contributed by atoms with Crippen LogP contribution in [0.3, 0.4) is 0 Å². The van der Waals surface area contributed by atoms with Gasteiger partial charge < -0.3 is 0 Å². The van der Waals surface area contributed by atoms with Crippen molar-refractivity contribution in [2.45, 2.75) is 91.9 Å². The van der Waals surface area contributed by atoms with Crippen LogP contribution in [-0.4, -0.2) is 5.78 Å². The molecule has 2 saturated carbocycles. The van der Waals surface area contributed by atoms with Crippen LogP contribution in [0.2, 0.25) is 0 Å². The molecule has 0 saturated heterocycles. The molecule has 3 aliphatic carbocycles. The number of rotatable bonds is 5. The molecule has 2 fully saturated rings. The maximum Gasteiger partial charge on any atom is 0.155 e. The molecule has 0 radical (unpaired) electrons. The minimum atomic E-state index is 0.301. The van der Waals surface area contributed by atoms with E-state index in [1.807, 2.05) is 6.08 Å². The third kappa shape index (κ3) is 4.77. The molecule has 0 heterocycles. The Bertz CT molecular complexity index is 557. The zero-order valence-electron chi connectivity index (χ0n) is 18.3. The van der Waals surface area contributed by atoms with Gasteiger partial charge in [-0.1, -0.05) is 65.2 Å². The fraction of sp³-hybridized carbons (Fsp3) is 0.808. The first-order valence-corrected chi connectivity index (χ1v) is 11.8. The minimum absolute atomic E-state index is 0.301. The number of allylic oxidation sites excluding steroid dienone is 4. The molecule has 1 nitrogen and oxygen atoms in total. The monoisotopic (exact) mass is 370 g/mol. The highest BCUT2D eigenvalue weighted by molar-refractivity contribution is 5.89. The zero-order valence-corrected chi connectivity index (χ0v) is 18.3. The highest BCUT2D eigenvalue weighted by Gasteiger charge is 2.53. The molecule has 6 unspecified atom stereocenters. The van der Waals surface area contributed by atoms with Gasteiger partial charge in [0.1, 0.15) is 0 Å². The van der Waals surface area contributed by atoms with Crippen LogP contribution in [-0.2, 0) is 4.79 Å². The summed E-state index contributed by atoms with van der Waals surface area (Å²) in [5.41, 5.74) is 0.534. The Labute approximate surface area is 168 Å². The summed E-state index contributed by atoms with van der Waals surface area (Å²) in [5, 5.41) is 0. The molecule has 0 aromatic carbocycles. The maximum absolute atomic E-state index is 11.8. The van der Waals surface area contributed by atoms with E-state index >= 15 is 0 Å². The minimum Gasteiger partial charge on any atom is -0.295 e. The van der Waals surface area contributed by atoms with Gasteiger partial charge in [-0.3, -0.25) is 4.79 Å². The highest BCUT2D eigenvalue weighted by Crippen LogP contribution is 2.62. The standard InChI is InChI=1S/C26H42O/c1-19(2)9-7-10-20(3)24-15-16-25-23-14-6-5-12-22(27)13-8-11-21(23)17-18-26(24,25)4/h5-6,12,14,19-21,23-25H,7-11,13,15-18H2,1-4H3/b12-5+,14-6-. The summed E-state index contributed by atoms with van der Waals surface area (Å²) < 4.78 is 0. The van der Waals surface area contributed by atoms with Crippen LogP contribution in [0.5, 0.6) is 0 Å². The third-order valence-corrected chi connectivity index (χ3v) is 8.40. The summed E-state index contributed by atoms with van der Waals surface area (Å²) in [5.74, 6) is 5.31. The quantitative estimate of drug-likeness (QED) is 0.493. The van der Waals surface area contributed by atoms with Crippen molar-refractivity contribution >= 4 is 5.78 Å². The van der Waals surface area contributed by atoms with Crippen LogP contribution in [0.25, 0.3) is 0 Å². The first-order chi connectivity index (χ1) is 12.9. The normalized spacial score (nSPS) is 40.3. The van der Waals surface area contributed by atoms with Gasteiger partial charge in [-0.25, -0.2) is 0 Å². The van der Waals surface area contributed by atoms with Crippen LogP contribution in [0.15, 0.2) is 24.3 Å². The van der Waals surface area contributed by atoms with E-state index in [0.29, 0.717) is 11.2 Å². The van der Waals surface area contributed by atoms with Gasteiger partial charge in [0.05, 0.1) is 0 Å². The second-order valence-electron chi connectivity index (χ2n) is 10.6. The van der Waals surface area contributed by atoms with Gasteiger partial charge in [0, 0.05) is 6.42 Å². The van der Waals surface area contributed by atoms with Gasteiger partial charge in [-0.15, -0.1) is 0 Å². The average molecular weight is 371 g/mol. The van der Waals surface area contributed by atoms with Gasteiger partial charge in [0.15, 0.2) is 5.78 Å². The summed E-state index contributed by atoms with van der Waals surface area (Å²) >= 11 is 0. The SMILES string of the molecule is CC(C)CCCC(C)C1CCC2C3/C=C\C=C\C(=O)CCCC3CCC12C. The Morgan fingerprint density at radius 1 is 1.07 bits per heavy atom. The van der Waals surface area contributed by atoms with Crippen molar-refractivity contribution in [3.05, 3.63) is 24.3 Å². The van der Waals surface area contributed by atoms with Crippen molar-refractivity contribution in [2.24, 2.45) is 40.9 Å². The molecule has 0 aromatic rings. The van der Waals surface area contributed by atoms with Crippen molar-refractivity contribution in [2.75, 3.05) is 0 Å². The number of ketones is 1. The molecule has 6 atom stereocenters. The van der Waals surface area contributed by atoms with Crippen molar-refractivity contribution in [3.63, 3.8) is 0 Å². The number of hydrogen-bond donors (Lipinski definition) is 0. The second kappa shape index (κ2) is 9.10. The molecule has 0 amide bonds. The van der Waals surface area contributed by atoms with E-state index in [9.17, 15) is 4.79 Å². The number of hydrogen-bond acceptors (Lipinski definition) is 1. The molecule has 0 aromatic heterocycles. The lowest BCUT2D eigenvalue weighted by Gasteiger charge is -2.49. The fourth-order valence-electron chi connectivity index (χ4n) is 6.90. The zero-order chi connectivity index (χ0) is 19.4. The number of carbonyl (C=O) groups excluding carboxylic acids is 1. The van der Waals surface area contributed by atoms with E-state index in [4.69, 9.17) is 0 Å². The first-order valence-electron chi connectivity index (χ1n) is 11.8. The molecule has 1 heteroatoms. The molecule has 27 heavy (non-hydrogen) atoms. The summed E-state index contributed by atoms with van der Waals surface area (Å²) in [6.07, 6.45) is 21.4. The molecule has 0 spiro atoms. The molecule has 3 rings (SSSR count). The molecule has 0 bridgehead atoms. The maximum atomic E-state index is 11.8. The van der Waals surface area contributed by atoms with Crippen molar-refractivity contribution < 1.29 is 4.79 Å². The lowest BCUT2D eigenvalue weighted by atomic mass is 9.55. The van der Waals surface area contributed by atoms with Crippen molar-refractivity contribution in [1.29, 1.82) is 0 Å². The van der Waals surface area contributed by atoms with E-state index in [0.717, 1.165) is 48.3 Å². The lowest BCUT2D eigenvalue weighted by Crippen LogP contribution is -2.42. The smallest absolute Gasteiger partial charge is 0.155 e. The Balaban J connectivity index is 1.71.